The number of alkyl halides is 2. The normalized spacial score (nSPS) is 16.5. The van der Waals surface area contributed by atoms with E-state index in [-0.39, 0.29) is 17.8 Å². The molecule has 1 fully saturated rings. The van der Waals surface area contributed by atoms with Crippen LogP contribution in [0.3, 0.4) is 0 Å². The Morgan fingerprint density at radius 1 is 1.28 bits per heavy atom. The Bertz CT molecular complexity index is 1040. The fourth-order valence-corrected chi connectivity index (χ4v) is 3.03. The highest BCUT2D eigenvalue weighted by molar-refractivity contribution is 5.90. The largest absolute Gasteiger partial charge is 0.444 e. The summed E-state index contributed by atoms with van der Waals surface area (Å²) in [4.78, 5) is 18.6. The van der Waals surface area contributed by atoms with Gasteiger partial charge in [0.2, 0.25) is 12.2 Å². The maximum absolute atomic E-state index is 14.7. The van der Waals surface area contributed by atoms with E-state index >= 15 is 0 Å². The number of benzene rings is 1. The Balaban J connectivity index is 1.54. The quantitative estimate of drug-likeness (QED) is 0.650. The van der Waals surface area contributed by atoms with E-state index in [1.165, 1.54) is 29.2 Å². The molecule has 4 rings (SSSR count). The maximum atomic E-state index is 14.7. The fraction of sp³-hybridized carbons (Fsp3) is 0.278. The first-order valence-electron chi connectivity index (χ1n) is 8.67. The lowest BCUT2D eigenvalue weighted by Crippen LogP contribution is -2.25. The Morgan fingerprint density at radius 2 is 2.10 bits per heavy atom. The smallest absolute Gasteiger partial charge is 0.414 e. The highest BCUT2D eigenvalue weighted by Gasteiger charge is 2.34. The second kappa shape index (κ2) is 7.49. The van der Waals surface area contributed by atoms with Gasteiger partial charge in [0.15, 0.2) is 0 Å². The average Bonchev–Trinajstić information content (AvgIpc) is 3.27. The number of tetrazole rings is 1. The number of pyridine rings is 1. The molecule has 1 aliphatic rings. The maximum Gasteiger partial charge on any atom is 0.414 e. The second-order valence-corrected chi connectivity index (χ2v) is 6.44. The molecule has 1 atom stereocenters. The molecule has 0 aliphatic carbocycles. The lowest BCUT2D eigenvalue weighted by Gasteiger charge is -2.14. The van der Waals surface area contributed by atoms with E-state index < -0.39 is 30.9 Å². The van der Waals surface area contributed by atoms with Crippen LogP contribution in [0.1, 0.15) is 6.42 Å². The summed E-state index contributed by atoms with van der Waals surface area (Å²) in [5.74, 6) is -0.236. The van der Waals surface area contributed by atoms with Crippen LogP contribution in [0.25, 0.3) is 22.6 Å². The second-order valence-electron chi connectivity index (χ2n) is 6.44. The summed E-state index contributed by atoms with van der Waals surface area (Å²) in [6.45, 7) is -0.0523. The van der Waals surface area contributed by atoms with Crippen LogP contribution >= 0.6 is 0 Å². The predicted octanol–water partition coefficient (Wildman–Crippen LogP) is 3.06. The van der Waals surface area contributed by atoms with Gasteiger partial charge in [-0.3, -0.25) is 9.88 Å². The first-order valence-corrected chi connectivity index (χ1v) is 8.67. The number of amides is 1. The van der Waals surface area contributed by atoms with Gasteiger partial charge in [-0.2, -0.15) is 4.80 Å². The van der Waals surface area contributed by atoms with Crippen molar-refractivity contribution < 1.29 is 22.7 Å². The van der Waals surface area contributed by atoms with Gasteiger partial charge in [0, 0.05) is 23.7 Å². The summed E-state index contributed by atoms with van der Waals surface area (Å²) >= 11 is 0. The van der Waals surface area contributed by atoms with Crippen LogP contribution < -0.4 is 4.90 Å². The molecule has 0 spiro atoms. The van der Waals surface area contributed by atoms with E-state index in [0.717, 1.165) is 4.90 Å². The number of carbonyl (C=O) groups excluding carboxylic acids is 1. The molecule has 0 bridgehead atoms. The molecule has 1 saturated heterocycles. The standard InChI is InChI=1S/C18H15F3N6O2/c1-26-24-17(23-25-26)15-5-2-10(8-22-15)13-4-3-11(6-14(13)19)27-9-12(7-16(20)21)29-18(27)28/h2-6,8,12,16H,7,9H2,1H3/t12-/m0/s1. The predicted molar refractivity (Wildman–Crippen MR) is 95.7 cm³/mol. The summed E-state index contributed by atoms with van der Waals surface area (Å²) in [5, 5.41) is 11.6. The molecule has 1 aliphatic heterocycles. The van der Waals surface area contributed by atoms with Gasteiger partial charge in [-0.05, 0) is 29.5 Å². The molecule has 3 heterocycles. The van der Waals surface area contributed by atoms with Crippen molar-refractivity contribution in [3.05, 3.63) is 42.3 Å². The zero-order valence-electron chi connectivity index (χ0n) is 15.2. The Labute approximate surface area is 162 Å². The topological polar surface area (TPSA) is 86.0 Å². The summed E-state index contributed by atoms with van der Waals surface area (Å²) < 4.78 is 44.6. The molecule has 0 N–H and O–H groups in total. The number of rotatable bonds is 5. The molecule has 1 aromatic carbocycles. The van der Waals surface area contributed by atoms with Crippen molar-refractivity contribution in [2.45, 2.75) is 19.0 Å². The van der Waals surface area contributed by atoms with Gasteiger partial charge in [0.05, 0.1) is 19.3 Å². The lowest BCUT2D eigenvalue weighted by atomic mass is 10.1. The summed E-state index contributed by atoms with van der Waals surface area (Å²) in [5.41, 5.74) is 1.52. The molecule has 8 nitrogen and oxygen atoms in total. The van der Waals surface area contributed by atoms with Gasteiger partial charge < -0.3 is 4.74 Å². The molecule has 29 heavy (non-hydrogen) atoms. The van der Waals surface area contributed by atoms with Crippen LogP contribution in [0.4, 0.5) is 23.7 Å². The first kappa shape index (κ1) is 18.8. The summed E-state index contributed by atoms with van der Waals surface area (Å²) in [7, 11) is 1.63. The molecule has 1 amide bonds. The third-order valence-corrected chi connectivity index (χ3v) is 4.39. The Hall–Kier alpha value is -3.50. The van der Waals surface area contributed by atoms with E-state index in [0.29, 0.717) is 17.1 Å². The molecule has 11 heteroatoms. The van der Waals surface area contributed by atoms with E-state index in [1.807, 2.05) is 0 Å². The molecule has 3 aromatic rings. The fourth-order valence-electron chi connectivity index (χ4n) is 3.03. The molecule has 0 unspecified atom stereocenters. The van der Waals surface area contributed by atoms with E-state index in [2.05, 4.69) is 20.4 Å². The van der Waals surface area contributed by atoms with Crippen molar-refractivity contribution in [2.24, 2.45) is 7.05 Å². The monoisotopic (exact) mass is 404 g/mol. The molecular weight excluding hydrogens is 389 g/mol. The number of ether oxygens (including phenoxy) is 1. The summed E-state index contributed by atoms with van der Waals surface area (Å²) in [6.07, 6.45) is -3.35. The summed E-state index contributed by atoms with van der Waals surface area (Å²) in [6, 6.07) is 7.50. The minimum absolute atomic E-state index is 0.0523. The third-order valence-electron chi connectivity index (χ3n) is 4.39. The van der Waals surface area contributed by atoms with Gasteiger partial charge in [0.1, 0.15) is 17.6 Å². The van der Waals surface area contributed by atoms with Crippen molar-refractivity contribution in [1.82, 2.24) is 25.2 Å². The highest BCUT2D eigenvalue weighted by atomic mass is 19.3. The number of nitrogens with zero attached hydrogens (tertiary/aromatic N) is 6. The third kappa shape index (κ3) is 3.89. The zero-order chi connectivity index (χ0) is 20.5. The van der Waals surface area contributed by atoms with Crippen molar-refractivity contribution in [3.8, 4) is 22.6 Å². The van der Waals surface area contributed by atoms with Crippen LogP contribution in [-0.4, -0.2) is 50.4 Å². The number of carbonyl (C=O) groups is 1. The molecule has 0 saturated carbocycles. The van der Waals surface area contributed by atoms with Crippen LogP contribution in [0.2, 0.25) is 0 Å². The van der Waals surface area contributed by atoms with Gasteiger partial charge in [-0.1, -0.05) is 6.07 Å². The number of halogens is 3. The number of hydrogen-bond donors (Lipinski definition) is 0. The van der Waals surface area contributed by atoms with Crippen molar-refractivity contribution in [3.63, 3.8) is 0 Å². The van der Waals surface area contributed by atoms with E-state index in [1.54, 1.807) is 19.2 Å². The number of aryl methyl sites for hydroxylation is 1. The van der Waals surface area contributed by atoms with Crippen LogP contribution in [-0.2, 0) is 11.8 Å². The zero-order valence-corrected chi connectivity index (χ0v) is 15.2. The van der Waals surface area contributed by atoms with E-state index in [9.17, 15) is 18.0 Å². The van der Waals surface area contributed by atoms with Crippen molar-refractivity contribution in [2.75, 3.05) is 11.4 Å². The SMILES string of the molecule is Cn1nnc(-c2ccc(-c3ccc(N4C[C@H](CC(F)F)OC4=O)cc3F)cn2)n1. The van der Waals surface area contributed by atoms with Crippen LogP contribution in [0.5, 0.6) is 0 Å². The van der Waals surface area contributed by atoms with Gasteiger partial charge in [0.25, 0.3) is 0 Å². The minimum atomic E-state index is -2.58. The molecular formula is C18H15F3N6O2. The van der Waals surface area contributed by atoms with E-state index in [4.69, 9.17) is 4.74 Å². The van der Waals surface area contributed by atoms with Crippen molar-refractivity contribution in [1.29, 1.82) is 0 Å². The van der Waals surface area contributed by atoms with Crippen LogP contribution in [0, 0.1) is 5.82 Å². The average molecular weight is 404 g/mol. The van der Waals surface area contributed by atoms with Gasteiger partial charge in [-0.25, -0.2) is 18.0 Å². The number of hydrogen-bond acceptors (Lipinski definition) is 6. The molecule has 0 radical (unpaired) electrons. The van der Waals surface area contributed by atoms with Gasteiger partial charge in [-0.15, -0.1) is 10.2 Å². The minimum Gasteiger partial charge on any atom is -0.444 e. The Kier molecular flexibility index (Phi) is 4.87. The van der Waals surface area contributed by atoms with Gasteiger partial charge >= 0.3 is 6.09 Å². The number of cyclic esters (lactones) is 1. The number of aromatic nitrogens is 5. The molecule has 150 valence electrons. The van der Waals surface area contributed by atoms with Crippen LogP contribution in [0.15, 0.2) is 36.5 Å². The number of anilines is 1. The van der Waals surface area contributed by atoms with Crippen molar-refractivity contribution >= 4 is 11.8 Å². The first-order chi connectivity index (χ1) is 13.9. The highest BCUT2D eigenvalue weighted by Crippen LogP contribution is 2.30. The molecule has 2 aromatic heterocycles. The lowest BCUT2D eigenvalue weighted by molar-refractivity contribution is 0.0677. The Morgan fingerprint density at radius 3 is 2.72 bits per heavy atom.